The predicted molar refractivity (Wildman–Crippen MR) is 52.2 cm³/mol. The van der Waals surface area contributed by atoms with Gasteiger partial charge < -0.3 is 5.32 Å². The van der Waals surface area contributed by atoms with Gasteiger partial charge >= 0.3 is 0 Å². The highest BCUT2D eigenvalue weighted by Gasteiger charge is 2.24. The monoisotopic (exact) mass is 167 g/mol. The van der Waals surface area contributed by atoms with Crippen LogP contribution in [0.2, 0.25) is 0 Å². The van der Waals surface area contributed by atoms with Gasteiger partial charge in [0.2, 0.25) is 0 Å². The molecule has 0 amide bonds. The first-order chi connectivity index (χ1) is 5.97. The van der Waals surface area contributed by atoms with Crippen molar-refractivity contribution >= 4 is 0 Å². The number of hydrogen-bond acceptors (Lipinski definition) is 1. The minimum absolute atomic E-state index is 0.888. The maximum atomic E-state index is 3.72. The third-order valence-electron chi connectivity index (χ3n) is 3.57. The molecular weight excluding hydrogens is 146 g/mol. The third kappa shape index (κ3) is 2.01. The van der Waals surface area contributed by atoms with Crippen molar-refractivity contribution in [2.24, 2.45) is 5.92 Å². The van der Waals surface area contributed by atoms with Gasteiger partial charge in [-0.15, -0.1) is 0 Å². The highest BCUT2D eigenvalue weighted by molar-refractivity contribution is 4.82. The van der Waals surface area contributed by atoms with Crippen LogP contribution in [0.15, 0.2) is 0 Å². The molecule has 1 heterocycles. The molecule has 1 heteroatoms. The lowest BCUT2D eigenvalue weighted by Gasteiger charge is -2.34. The first-order valence-corrected chi connectivity index (χ1v) is 5.70. The van der Waals surface area contributed by atoms with Gasteiger partial charge in [0.15, 0.2) is 0 Å². The fourth-order valence-electron chi connectivity index (χ4n) is 2.82. The second-order valence-corrected chi connectivity index (χ2v) is 4.45. The Kier molecular flexibility index (Phi) is 3.04. The smallest absolute Gasteiger partial charge is 0.00953 e. The van der Waals surface area contributed by atoms with Gasteiger partial charge in [0.05, 0.1) is 0 Å². The summed E-state index contributed by atoms with van der Waals surface area (Å²) in [5.41, 5.74) is 0. The van der Waals surface area contributed by atoms with E-state index in [1.807, 2.05) is 0 Å². The van der Waals surface area contributed by atoms with Crippen LogP contribution in [-0.2, 0) is 0 Å². The first-order valence-electron chi connectivity index (χ1n) is 5.70. The molecule has 12 heavy (non-hydrogen) atoms. The summed E-state index contributed by atoms with van der Waals surface area (Å²) < 4.78 is 0. The van der Waals surface area contributed by atoms with Crippen molar-refractivity contribution in [1.82, 2.24) is 5.32 Å². The number of nitrogens with one attached hydrogen (secondary N) is 1. The Hall–Kier alpha value is -0.0400. The van der Waals surface area contributed by atoms with Gasteiger partial charge in [0.1, 0.15) is 0 Å². The molecule has 1 aliphatic carbocycles. The molecule has 2 rings (SSSR count). The van der Waals surface area contributed by atoms with Crippen LogP contribution in [0.1, 0.15) is 51.4 Å². The lowest BCUT2D eigenvalue weighted by molar-refractivity contribution is 0.230. The molecule has 1 saturated carbocycles. The number of fused-ring (bicyclic) bond motifs is 1. The van der Waals surface area contributed by atoms with Crippen molar-refractivity contribution in [3.63, 3.8) is 0 Å². The molecule has 2 atom stereocenters. The first kappa shape index (κ1) is 8.55. The van der Waals surface area contributed by atoms with Crippen LogP contribution >= 0.6 is 0 Å². The Morgan fingerprint density at radius 1 is 0.750 bits per heavy atom. The lowest BCUT2D eigenvalue weighted by Crippen LogP contribution is -2.40. The Labute approximate surface area is 75.9 Å². The van der Waals surface area contributed by atoms with Crippen LogP contribution in [0.5, 0.6) is 0 Å². The number of rotatable bonds is 0. The molecule has 2 fully saturated rings. The molecule has 0 aromatic carbocycles. The Morgan fingerprint density at radius 2 is 1.50 bits per heavy atom. The molecule has 1 nitrogen and oxygen atoms in total. The molecular formula is C11H21N. The van der Waals surface area contributed by atoms with E-state index < -0.39 is 0 Å². The Morgan fingerprint density at radius 3 is 2.42 bits per heavy atom. The minimum atomic E-state index is 0.888. The van der Waals surface area contributed by atoms with Gasteiger partial charge in [-0.25, -0.2) is 0 Å². The van der Waals surface area contributed by atoms with E-state index in [2.05, 4.69) is 5.32 Å². The molecule has 0 aromatic heterocycles. The van der Waals surface area contributed by atoms with E-state index >= 15 is 0 Å². The summed E-state index contributed by atoms with van der Waals surface area (Å²) in [7, 11) is 0. The van der Waals surface area contributed by atoms with Crippen molar-refractivity contribution in [3.8, 4) is 0 Å². The van der Waals surface area contributed by atoms with Gasteiger partial charge in [-0.2, -0.15) is 0 Å². The van der Waals surface area contributed by atoms with E-state index in [0.29, 0.717) is 0 Å². The summed E-state index contributed by atoms with van der Waals surface area (Å²) in [6, 6.07) is 0.888. The minimum Gasteiger partial charge on any atom is -0.314 e. The van der Waals surface area contributed by atoms with E-state index in [1.54, 1.807) is 0 Å². The van der Waals surface area contributed by atoms with Crippen LogP contribution in [0, 0.1) is 5.92 Å². The molecule has 0 bridgehead atoms. The van der Waals surface area contributed by atoms with E-state index in [1.165, 1.54) is 57.9 Å². The molecule has 2 aliphatic rings. The van der Waals surface area contributed by atoms with Crippen molar-refractivity contribution in [2.75, 3.05) is 6.54 Å². The standard InChI is InChI=1S/C11H21N/c1-2-6-10-7-3-4-8-11(10)12-9-5-1/h10-12H,1-9H2. The van der Waals surface area contributed by atoms with E-state index in [9.17, 15) is 0 Å². The second kappa shape index (κ2) is 4.27. The Balaban J connectivity index is 1.89. The zero-order valence-corrected chi connectivity index (χ0v) is 8.02. The van der Waals surface area contributed by atoms with E-state index in [4.69, 9.17) is 0 Å². The normalized spacial score (nSPS) is 38.0. The molecule has 1 N–H and O–H groups in total. The molecule has 70 valence electrons. The summed E-state index contributed by atoms with van der Waals surface area (Å²) in [4.78, 5) is 0. The molecule has 0 radical (unpaired) electrons. The van der Waals surface area contributed by atoms with Crippen LogP contribution < -0.4 is 5.32 Å². The summed E-state index contributed by atoms with van der Waals surface area (Å²) in [6.45, 7) is 1.28. The van der Waals surface area contributed by atoms with Crippen molar-refractivity contribution < 1.29 is 0 Å². The van der Waals surface area contributed by atoms with Crippen LogP contribution in [0.25, 0.3) is 0 Å². The molecule has 1 saturated heterocycles. The highest BCUT2D eigenvalue weighted by atomic mass is 14.9. The maximum absolute atomic E-state index is 3.72. The fourth-order valence-corrected chi connectivity index (χ4v) is 2.82. The lowest BCUT2D eigenvalue weighted by atomic mass is 9.80. The largest absolute Gasteiger partial charge is 0.314 e. The average Bonchev–Trinajstić information content (AvgIpc) is 2.06. The topological polar surface area (TPSA) is 12.0 Å². The van der Waals surface area contributed by atoms with Crippen LogP contribution in [0.3, 0.4) is 0 Å². The van der Waals surface area contributed by atoms with Crippen LogP contribution in [0.4, 0.5) is 0 Å². The molecule has 2 unspecified atom stereocenters. The summed E-state index contributed by atoms with van der Waals surface area (Å²) in [6.07, 6.45) is 11.7. The SMILES string of the molecule is C1CCNC2CCCCC2CC1. The van der Waals surface area contributed by atoms with Gasteiger partial charge in [0, 0.05) is 6.04 Å². The summed E-state index contributed by atoms with van der Waals surface area (Å²) in [5, 5.41) is 3.72. The van der Waals surface area contributed by atoms with Crippen molar-refractivity contribution in [1.29, 1.82) is 0 Å². The van der Waals surface area contributed by atoms with E-state index in [0.717, 1.165) is 12.0 Å². The molecule has 0 aromatic rings. The van der Waals surface area contributed by atoms with Crippen LogP contribution in [-0.4, -0.2) is 12.6 Å². The van der Waals surface area contributed by atoms with Gasteiger partial charge in [0.25, 0.3) is 0 Å². The van der Waals surface area contributed by atoms with E-state index in [-0.39, 0.29) is 0 Å². The second-order valence-electron chi connectivity index (χ2n) is 4.45. The van der Waals surface area contributed by atoms with Gasteiger partial charge in [-0.05, 0) is 38.1 Å². The van der Waals surface area contributed by atoms with Gasteiger partial charge in [-0.1, -0.05) is 25.7 Å². The maximum Gasteiger partial charge on any atom is 0.00953 e. The number of hydrogen-bond donors (Lipinski definition) is 1. The molecule has 0 spiro atoms. The summed E-state index contributed by atoms with van der Waals surface area (Å²) >= 11 is 0. The van der Waals surface area contributed by atoms with Gasteiger partial charge in [-0.3, -0.25) is 0 Å². The Bertz CT molecular complexity index is 117. The third-order valence-corrected chi connectivity index (χ3v) is 3.57. The highest BCUT2D eigenvalue weighted by Crippen LogP contribution is 2.29. The predicted octanol–water partition coefficient (Wildman–Crippen LogP) is 2.71. The quantitative estimate of drug-likeness (QED) is 0.585. The molecule has 1 aliphatic heterocycles. The average molecular weight is 167 g/mol. The summed E-state index contributed by atoms with van der Waals surface area (Å²) in [5.74, 6) is 1.03. The fraction of sp³-hybridized carbons (Fsp3) is 1.00. The van der Waals surface area contributed by atoms with Crippen molar-refractivity contribution in [3.05, 3.63) is 0 Å². The zero-order valence-electron chi connectivity index (χ0n) is 8.02. The van der Waals surface area contributed by atoms with Crippen molar-refractivity contribution in [2.45, 2.75) is 57.4 Å². The zero-order chi connectivity index (χ0) is 8.23.